The first-order chi connectivity index (χ1) is 8.67. The number of hydrogen-bond donors (Lipinski definition) is 1. The quantitative estimate of drug-likeness (QED) is 0.675. The summed E-state index contributed by atoms with van der Waals surface area (Å²) in [5, 5.41) is 3.72. The van der Waals surface area contributed by atoms with Crippen LogP contribution in [0.3, 0.4) is 0 Å². The molecule has 1 saturated heterocycles. The van der Waals surface area contributed by atoms with Crippen molar-refractivity contribution in [1.29, 1.82) is 0 Å². The fourth-order valence-electron chi connectivity index (χ4n) is 2.93. The SMILES string of the molecule is CCCC1CN(CCCOC)C(CC(C)C)CN1. The van der Waals surface area contributed by atoms with Crippen LogP contribution >= 0.6 is 0 Å². The van der Waals surface area contributed by atoms with E-state index in [0.29, 0.717) is 6.04 Å². The van der Waals surface area contributed by atoms with Gasteiger partial charge in [0.15, 0.2) is 0 Å². The van der Waals surface area contributed by atoms with Crippen LogP contribution in [0, 0.1) is 5.92 Å². The smallest absolute Gasteiger partial charge is 0.0474 e. The summed E-state index contributed by atoms with van der Waals surface area (Å²) in [4.78, 5) is 2.69. The van der Waals surface area contributed by atoms with Crippen LogP contribution < -0.4 is 5.32 Å². The van der Waals surface area contributed by atoms with Crippen LogP contribution in [0.1, 0.15) is 46.5 Å². The molecule has 2 unspecified atom stereocenters. The Morgan fingerprint density at radius 1 is 1.39 bits per heavy atom. The van der Waals surface area contributed by atoms with Crippen molar-refractivity contribution in [3.05, 3.63) is 0 Å². The normalized spacial score (nSPS) is 25.8. The lowest BCUT2D eigenvalue weighted by Crippen LogP contribution is -2.56. The van der Waals surface area contributed by atoms with Crippen LogP contribution in [-0.2, 0) is 4.74 Å². The third-order valence-electron chi connectivity index (χ3n) is 3.79. The van der Waals surface area contributed by atoms with Crippen LogP contribution in [0.5, 0.6) is 0 Å². The number of rotatable bonds is 8. The van der Waals surface area contributed by atoms with E-state index in [1.807, 2.05) is 0 Å². The average Bonchev–Trinajstić information content (AvgIpc) is 2.32. The highest BCUT2D eigenvalue weighted by Crippen LogP contribution is 2.17. The molecule has 3 nitrogen and oxygen atoms in total. The van der Waals surface area contributed by atoms with Gasteiger partial charge in [-0.3, -0.25) is 4.90 Å². The molecule has 1 heterocycles. The Balaban J connectivity index is 2.44. The molecule has 0 saturated carbocycles. The van der Waals surface area contributed by atoms with E-state index in [4.69, 9.17) is 4.74 Å². The number of hydrogen-bond acceptors (Lipinski definition) is 3. The van der Waals surface area contributed by atoms with Crippen molar-refractivity contribution in [3.8, 4) is 0 Å². The predicted molar refractivity (Wildman–Crippen MR) is 78.0 cm³/mol. The molecule has 1 rings (SSSR count). The van der Waals surface area contributed by atoms with Crippen molar-refractivity contribution < 1.29 is 4.74 Å². The van der Waals surface area contributed by atoms with E-state index < -0.39 is 0 Å². The summed E-state index contributed by atoms with van der Waals surface area (Å²) >= 11 is 0. The highest BCUT2D eigenvalue weighted by atomic mass is 16.5. The molecule has 1 fully saturated rings. The number of nitrogens with zero attached hydrogens (tertiary/aromatic N) is 1. The second-order valence-electron chi connectivity index (χ2n) is 6.02. The van der Waals surface area contributed by atoms with Crippen LogP contribution in [0.25, 0.3) is 0 Å². The van der Waals surface area contributed by atoms with Crippen molar-refractivity contribution in [1.82, 2.24) is 10.2 Å². The maximum absolute atomic E-state index is 5.18. The van der Waals surface area contributed by atoms with Gasteiger partial charge in [0, 0.05) is 45.4 Å². The summed E-state index contributed by atoms with van der Waals surface area (Å²) in [6, 6.07) is 1.41. The Labute approximate surface area is 113 Å². The maximum Gasteiger partial charge on any atom is 0.0474 e. The number of ether oxygens (including phenoxy) is 1. The topological polar surface area (TPSA) is 24.5 Å². The highest BCUT2D eigenvalue weighted by molar-refractivity contribution is 4.86. The minimum absolute atomic E-state index is 0.695. The van der Waals surface area contributed by atoms with Crippen molar-refractivity contribution in [2.45, 2.75) is 58.5 Å². The molecule has 0 aliphatic carbocycles. The molecule has 0 aromatic heterocycles. The van der Waals surface area contributed by atoms with Crippen molar-refractivity contribution in [2.75, 3.05) is 33.4 Å². The largest absolute Gasteiger partial charge is 0.385 e. The zero-order valence-corrected chi connectivity index (χ0v) is 12.7. The Kier molecular flexibility index (Phi) is 7.87. The molecular formula is C15H32N2O. The van der Waals surface area contributed by atoms with Gasteiger partial charge < -0.3 is 10.1 Å². The summed E-state index contributed by atoms with van der Waals surface area (Å²) in [6.07, 6.45) is 5.04. The fourth-order valence-corrected chi connectivity index (χ4v) is 2.93. The minimum Gasteiger partial charge on any atom is -0.385 e. The Morgan fingerprint density at radius 3 is 2.78 bits per heavy atom. The van der Waals surface area contributed by atoms with E-state index in [0.717, 1.165) is 31.5 Å². The molecule has 0 aromatic rings. The summed E-state index contributed by atoms with van der Waals surface area (Å²) < 4.78 is 5.18. The summed E-state index contributed by atoms with van der Waals surface area (Å²) in [6.45, 7) is 11.4. The van der Waals surface area contributed by atoms with Crippen molar-refractivity contribution in [2.24, 2.45) is 5.92 Å². The van der Waals surface area contributed by atoms with Crippen LogP contribution in [0.15, 0.2) is 0 Å². The second-order valence-corrected chi connectivity index (χ2v) is 6.02. The van der Waals surface area contributed by atoms with Gasteiger partial charge in [-0.15, -0.1) is 0 Å². The number of methoxy groups -OCH3 is 1. The molecule has 0 spiro atoms. The molecule has 2 atom stereocenters. The lowest BCUT2D eigenvalue weighted by molar-refractivity contribution is 0.0956. The molecule has 108 valence electrons. The van der Waals surface area contributed by atoms with Crippen LogP contribution in [-0.4, -0.2) is 50.3 Å². The van der Waals surface area contributed by atoms with E-state index in [9.17, 15) is 0 Å². The first-order valence-corrected chi connectivity index (χ1v) is 7.63. The molecular weight excluding hydrogens is 224 g/mol. The molecule has 1 aliphatic rings. The molecule has 3 heteroatoms. The van der Waals surface area contributed by atoms with Gasteiger partial charge in [-0.25, -0.2) is 0 Å². The lowest BCUT2D eigenvalue weighted by Gasteiger charge is -2.41. The summed E-state index contributed by atoms with van der Waals surface area (Å²) in [5.74, 6) is 0.782. The predicted octanol–water partition coefficient (Wildman–Crippen LogP) is 2.51. The summed E-state index contributed by atoms with van der Waals surface area (Å²) in [7, 11) is 1.79. The van der Waals surface area contributed by atoms with Gasteiger partial charge >= 0.3 is 0 Å². The fraction of sp³-hybridized carbons (Fsp3) is 1.00. The Bertz CT molecular complexity index is 209. The van der Waals surface area contributed by atoms with E-state index in [2.05, 4.69) is 31.0 Å². The first kappa shape index (κ1) is 15.9. The molecule has 1 aliphatic heterocycles. The number of nitrogens with one attached hydrogen (secondary N) is 1. The molecule has 0 bridgehead atoms. The van der Waals surface area contributed by atoms with Gasteiger partial charge in [0.05, 0.1) is 0 Å². The highest BCUT2D eigenvalue weighted by Gasteiger charge is 2.27. The van der Waals surface area contributed by atoms with Gasteiger partial charge in [-0.05, 0) is 25.2 Å². The number of piperazine rings is 1. The maximum atomic E-state index is 5.18. The zero-order chi connectivity index (χ0) is 13.4. The lowest BCUT2D eigenvalue weighted by atomic mass is 9.97. The standard InChI is InChI=1S/C15H32N2O/c1-5-7-14-12-17(8-6-9-18-4)15(11-16-14)10-13(2)3/h13-16H,5-12H2,1-4H3. The molecule has 1 N–H and O–H groups in total. The molecule has 0 radical (unpaired) electrons. The zero-order valence-electron chi connectivity index (χ0n) is 12.7. The van der Waals surface area contributed by atoms with E-state index in [1.165, 1.54) is 32.4 Å². The van der Waals surface area contributed by atoms with Crippen LogP contribution in [0.4, 0.5) is 0 Å². The summed E-state index contributed by atoms with van der Waals surface area (Å²) in [5.41, 5.74) is 0. The third kappa shape index (κ3) is 5.68. The van der Waals surface area contributed by atoms with Gasteiger partial charge in [-0.2, -0.15) is 0 Å². The molecule has 0 aromatic carbocycles. The molecule has 18 heavy (non-hydrogen) atoms. The van der Waals surface area contributed by atoms with Crippen LogP contribution in [0.2, 0.25) is 0 Å². The van der Waals surface area contributed by atoms with Gasteiger partial charge in [0.2, 0.25) is 0 Å². The Hall–Kier alpha value is -0.120. The second kappa shape index (κ2) is 8.89. The third-order valence-corrected chi connectivity index (χ3v) is 3.79. The Morgan fingerprint density at radius 2 is 2.17 bits per heavy atom. The van der Waals surface area contributed by atoms with E-state index >= 15 is 0 Å². The molecule has 0 amide bonds. The van der Waals surface area contributed by atoms with Gasteiger partial charge in [0.25, 0.3) is 0 Å². The van der Waals surface area contributed by atoms with Gasteiger partial charge in [-0.1, -0.05) is 27.2 Å². The monoisotopic (exact) mass is 256 g/mol. The van der Waals surface area contributed by atoms with Crippen molar-refractivity contribution >= 4 is 0 Å². The van der Waals surface area contributed by atoms with E-state index in [1.54, 1.807) is 7.11 Å². The van der Waals surface area contributed by atoms with E-state index in [-0.39, 0.29) is 0 Å². The van der Waals surface area contributed by atoms with Crippen molar-refractivity contribution in [3.63, 3.8) is 0 Å². The average molecular weight is 256 g/mol. The minimum atomic E-state index is 0.695. The van der Waals surface area contributed by atoms with Gasteiger partial charge in [0.1, 0.15) is 0 Å². The first-order valence-electron chi connectivity index (χ1n) is 7.63.